The van der Waals surface area contributed by atoms with Crippen LogP contribution in [0.3, 0.4) is 0 Å². The molecule has 0 aliphatic heterocycles. The molecule has 0 atom stereocenters. The third kappa shape index (κ3) is 3.88. The number of H-pyrrole nitrogens is 1. The summed E-state index contributed by atoms with van der Waals surface area (Å²) in [4.78, 5) is 7.48. The minimum absolute atomic E-state index is 0.376. The highest BCUT2D eigenvalue weighted by Crippen LogP contribution is 2.21. The molecular weight excluding hydrogens is 294 g/mol. The Hall–Kier alpha value is -0.760. The van der Waals surface area contributed by atoms with Crippen LogP contribution in [0.15, 0.2) is 23.4 Å². The van der Waals surface area contributed by atoms with Gasteiger partial charge in [0.1, 0.15) is 0 Å². The molecule has 5 nitrogen and oxygen atoms in total. The van der Waals surface area contributed by atoms with Gasteiger partial charge in [0, 0.05) is 17.3 Å². The topological polar surface area (TPSA) is 74.8 Å². The third-order valence-corrected chi connectivity index (χ3v) is 3.97. The highest BCUT2D eigenvalue weighted by Gasteiger charge is 2.04. The van der Waals surface area contributed by atoms with Crippen molar-refractivity contribution in [1.82, 2.24) is 14.7 Å². The Morgan fingerprint density at radius 1 is 1.50 bits per heavy atom. The van der Waals surface area contributed by atoms with Gasteiger partial charge in [-0.1, -0.05) is 23.4 Å². The molecule has 1 heterocycles. The maximum Gasteiger partial charge on any atom is 0.208 e. The van der Waals surface area contributed by atoms with Crippen molar-refractivity contribution in [3.8, 4) is 0 Å². The fraction of sp³-hybridized carbons (Fsp3) is 0.300. The summed E-state index contributed by atoms with van der Waals surface area (Å²) in [6.07, 6.45) is 1.14. The van der Waals surface area contributed by atoms with Crippen LogP contribution in [0.5, 0.6) is 0 Å². The van der Waals surface area contributed by atoms with E-state index in [0.717, 1.165) is 22.4 Å². The Kier molecular flexibility index (Phi) is 4.16. The molecule has 0 aliphatic carbocycles. The summed E-state index contributed by atoms with van der Waals surface area (Å²) >= 11 is 7.33. The number of hydrogen-bond acceptors (Lipinski definition) is 4. The molecule has 8 heteroatoms. The van der Waals surface area contributed by atoms with Crippen LogP contribution in [0.25, 0.3) is 11.0 Å². The molecule has 0 fully saturated rings. The molecule has 0 amide bonds. The Bertz CT molecular complexity index is 654. The van der Waals surface area contributed by atoms with Crippen LogP contribution in [0.1, 0.15) is 0 Å². The molecule has 0 unspecified atom stereocenters. The summed E-state index contributed by atoms with van der Waals surface area (Å²) in [5.41, 5.74) is 1.72. The van der Waals surface area contributed by atoms with Gasteiger partial charge in [-0.25, -0.2) is 18.1 Å². The van der Waals surface area contributed by atoms with E-state index in [1.54, 1.807) is 6.07 Å². The first-order valence-corrected chi connectivity index (χ1v) is 8.42. The first-order chi connectivity index (χ1) is 8.44. The van der Waals surface area contributed by atoms with E-state index in [1.807, 2.05) is 12.1 Å². The van der Waals surface area contributed by atoms with Gasteiger partial charge in [-0.05, 0) is 18.2 Å². The zero-order chi connectivity index (χ0) is 13.2. The molecule has 98 valence electrons. The van der Waals surface area contributed by atoms with Crippen LogP contribution < -0.4 is 4.72 Å². The number of benzene rings is 1. The highest BCUT2D eigenvalue weighted by molar-refractivity contribution is 7.99. The fourth-order valence-electron chi connectivity index (χ4n) is 1.40. The first-order valence-electron chi connectivity index (χ1n) is 5.17. The number of halogens is 1. The average Bonchev–Trinajstić information content (AvgIpc) is 2.65. The molecule has 2 rings (SSSR count). The summed E-state index contributed by atoms with van der Waals surface area (Å²) in [5, 5.41) is 1.41. The lowest BCUT2D eigenvalue weighted by molar-refractivity contribution is 0.590. The average molecular weight is 306 g/mol. The maximum absolute atomic E-state index is 10.9. The molecule has 18 heavy (non-hydrogen) atoms. The monoisotopic (exact) mass is 305 g/mol. The summed E-state index contributed by atoms with van der Waals surface area (Å²) in [7, 11) is -3.12. The van der Waals surface area contributed by atoms with Gasteiger partial charge in [-0.15, -0.1) is 0 Å². The number of aromatic nitrogens is 2. The van der Waals surface area contributed by atoms with Crippen LogP contribution in [0.4, 0.5) is 0 Å². The third-order valence-electron chi connectivity index (χ3n) is 2.13. The van der Waals surface area contributed by atoms with Crippen molar-refractivity contribution >= 4 is 44.4 Å². The van der Waals surface area contributed by atoms with E-state index in [-0.39, 0.29) is 0 Å². The van der Waals surface area contributed by atoms with E-state index in [0.29, 0.717) is 17.3 Å². The van der Waals surface area contributed by atoms with E-state index in [1.165, 1.54) is 11.8 Å². The van der Waals surface area contributed by atoms with E-state index in [4.69, 9.17) is 11.6 Å². The van der Waals surface area contributed by atoms with Gasteiger partial charge in [-0.3, -0.25) is 0 Å². The van der Waals surface area contributed by atoms with Crippen molar-refractivity contribution < 1.29 is 8.42 Å². The van der Waals surface area contributed by atoms with Gasteiger partial charge in [-0.2, -0.15) is 0 Å². The number of nitrogens with one attached hydrogen (secondary N) is 2. The van der Waals surface area contributed by atoms with Gasteiger partial charge in [0.05, 0.1) is 17.3 Å². The van der Waals surface area contributed by atoms with Crippen molar-refractivity contribution in [2.45, 2.75) is 5.16 Å². The lowest BCUT2D eigenvalue weighted by atomic mass is 10.3. The number of imidazole rings is 1. The van der Waals surface area contributed by atoms with E-state index >= 15 is 0 Å². The number of rotatable bonds is 5. The number of nitrogens with zero attached hydrogens (tertiary/aromatic N) is 1. The minimum atomic E-state index is -3.12. The number of sulfonamides is 1. The van der Waals surface area contributed by atoms with Crippen molar-refractivity contribution in [2.24, 2.45) is 0 Å². The Morgan fingerprint density at radius 2 is 2.28 bits per heavy atom. The van der Waals surface area contributed by atoms with Crippen LogP contribution >= 0.6 is 23.4 Å². The molecule has 0 spiro atoms. The van der Waals surface area contributed by atoms with Crippen molar-refractivity contribution in [2.75, 3.05) is 18.6 Å². The first kappa shape index (κ1) is 13.7. The summed E-state index contributed by atoms with van der Waals surface area (Å²) in [5.74, 6) is 0.612. The maximum atomic E-state index is 10.9. The molecule has 0 bridgehead atoms. The van der Waals surface area contributed by atoms with Crippen molar-refractivity contribution in [3.63, 3.8) is 0 Å². The van der Waals surface area contributed by atoms with Crippen LogP contribution in [0.2, 0.25) is 5.02 Å². The van der Waals surface area contributed by atoms with Gasteiger partial charge < -0.3 is 4.98 Å². The molecule has 0 aliphatic rings. The van der Waals surface area contributed by atoms with E-state index in [9.17, 15) is 8.42 Å². The Morgan fingerprint density at radius 3 is 3.00 bits per heavy atom. The summed E-state index contributed by atoms with van der Waals surface area (Å²) in [6.45, 7) is 0.376. The van der Waals surface area contributed by atoms with Gasteiger partial charge in [0.15, 0.2) is 5.16 Å². The molecular formula is C10H12ClN3O2S2. The largest absolute Gasteiger partial charge is 0.333 e. The molecule has 0 radical (unpaired) electrons. The summed E-state index contributed by atoms with van der Waals surface area (Å²) in [6, 6.07) is 5.43. The molecule has 1 aromatic heterocycles. The number of fused-ring (bicyclic) bond motifs is 1. The molecule has 0 saturated heterocycles. The minimum Gasteiger partial charge on any atom is -0.333 e. The van der Waals surface area contributed by atoms with Gasteiger partial charge in [0.2, 0.25) is 10.0 Å². The predicted octanol–water partition coefficient (Wildman–Crippen LogP) is 1.86. The quantitative estimate of drug-likeness (QED) is 0.653. The second kappa shape index (κ2) is 5.48. The van der Waals surface area contributed by atoms with Gasteiger partial charge >= 0.3 is 0 Å². The van der Waals surface area contributed by atoms with Crippen LogP contribution in [-0.2, 0) is 10.0 Å². The molecule has 0 saturated carbocycles. The van der Waals surface area contributed by atoms with E-state index < -0.39 is 10.0 Å². The van der Waals surface area contributed by atoms with Crippen molar-refractivity contribution in [3.05, 3.63) is 23.2 Å². The number of thioether (sulfide) groups is 1. The molecule has 2 N–H and O–H groups in total. The highest BCUT2D eigenvalue weighted by atomic mass is 35.5. The normalized spacial score (nSPS) is 12.1. The SMILES string of the molecule is CS(=O)(=O)NCCSc1nc2ccc(Cl)cc2[nH]1. The van der Waals surface area contributed by atoms with Gasteiger partial charge in [0.25, 0.3) is 0 Å². The number of hydrogen-bond donors (Lipinski definition) is 2. The molecule has 2 aromatic rings. The van der Waals surface area contributed by atoms with E-state index in [2.05, 4.69) is 14.7 Å². The Labute approximate surface area is 114 Å². The molecule has 1 aromatic carbocycles. The second-order valence-corrected chi connectivity index (χ2v) is 7.07. The van der Waals surface area contributed by atoms with Crippen LogP contribution in [0, 0.1) is 0 Å². The summed E-state index contributed by atoms with van der Waals surface area (Å²) < 4.78 is 24.1. The zero-order valence-corrected chi connectivity index (χ0v) is 12.0. The van der Waals surface area contributed by atoms with Crippen molar-refractivity contribution in [1.29, 1.82) is 0 Å². The predicted molar refractivity (Wildman–Crippen MR) is 74.7 cm³/mol. The Balaban J connectivity index is 1.96. The lowest BCUT2D eigenvalue weighted by Gasteiger charge is -1.99. The zero-order valence-electron chi connectivity index (χ0n) is 9.60. The fourth-order valence-corrected chi connectivity index (χ4v) is 2.92. The smallest absolute Gasteiger partial charge is 0.208 e. The number of aromatic amines is 1. The standard InChI is InChI=1S/C10H12ClN3O2S2/c1-18(15,16)12-4-5-17-10-13-8-3-2-7(11)6-9(8)14-10/h2-3,6,12H,4-5H2,1H3,(H,13,14). The second-order valence-electron chi connectivity index (χ2n) is 3.72. The lowest BCUT2D eigenvalue weighted by Crippen LogP contribution is -2.24. The van der Waals surface area contributed by atoms with Crippen LogP contribution in [-0.4, -0.2) is 36.9 Å².